The topological polar surface area (TPSA) is 41.3 Å². The Kier molecular flexibility index (Phi) is 5.49. The fourth-order valence-electron chi connectivity index (χ4n) is 3.01. The minimum atomic E-state index is -0.401. The lowest BCUT2D eigenvalue weighted by Crippen LogP contribution is -2.26. The average molecular weight is 353 g/mol. The van der Waals surface area contributed by atoms with Crippen LogP contribution in [0.3, 0.4) is 0 Å². The summed E-state index contributed by atoms with van der Waals surface area (Å²) in [7, 11) is 1.96. The maximum atomic E-state index is 13.3. The standard InChI is InChI=1S/C21H24FN3O/c1-15-4-10-20(11-5-15)25-14-18(13-24(3)12-16(2)26)21(23-25)17-6-8-19(22)9-7-17/h4-11,14,16,26H,12-13H2,1-3H3/t16-/m0/s1. The Morgan fingerprint density at radius 3 is 2.38 bits per heavy atom. The van der Waals surface area contributed by atoms with Gasteiger partial charge in [-0.1, -0.05) is 17.7 Å². The molecule has 5 heteroatoms. The van der Waals surface area contributed by atoms with Gasteiger partial charge in [-0.25, -0.2) is 9.07 Å². The third-order valence-corrected chi connectivity index (χ3v) is 4.22. The molecule has 0 unspecified atom stereocenters. The minimum absolute atomic E-state index is 0.264. The van der Waals surface area contributed by atoms with Gasteiger partial charge in [0.1, 0.15) is 5.82 Å². The first-order valence-corrected chi connectivity index (χ1v) is 8.70. The zero-order valence-corrected chi connectivity index (χ0v) is 15.4. The molecular weight excluding hydrogens is 329 g/mol. The predicted octanol–water partition coefficient (Wildman–Crippen LogP) is 3.80. The summed E-state index contributed by atoms with van der Waals surface area (Å²) in [5, 5.41) is 14.4. The predicted molar refractivity (Wildman–Crippen MR) is 102 cm³/mol. The van der Waals surface area contributed by atoms with E-state index in [1.54, 1.807) is 19.1 Å². The van der Waals surface area contributed by atoms with Crippen molar-refractivity contribution in [3.05, 3.63) is 71.7 Å². The molecular formula is C21H24FN3O. The summed E-state index contributed by atoms with van der Waals surface area (Å²) in [5.74, 6) is -0.264. The highest BCUT2D eigenvalue weighted by Crippen LogP contribution is 2.25. The Morgan fingerprint density at radius 1 is 1.12 bits per heavy atom. The summed E-state index contributed by atoms with van der Waals surface area (Å²) in [6.45, 7) is 5.03. The van der Waals surface area contributed by atoms with E-state index in [9.17, 15) is 9.50 Å². The first-order chi connectivity index (χ1) is 12.4. The number of likely N-dealkylation sites (N-methyl/N-ethyl adjacent to an activating group) is 1. The molecule has 0 aliphatic heterocycles. The van der Waals surface area contributed by atoms with Crippen LogP contribution < -0.4 is 0 Å². The van der Waals surface area contributed by atoms with Crippen molar-refractivity contribution in [1.82, 2.24) is 14.7 Å². The van der Waals surface area contributed by atoms with Crippen LogP contribution in [0, 0.1) is 12.7 Å². The van der Waals surface area contributed by atoms with Crippen LogP contribution in [0.4, 0.5) is 4.39 Å². The molecule has 1 aromatic heterocycles. The third kappa shape index (κ3) is 4.36. The highest BCUT2D eigenvalue weighted by Gasteiger charge is 2.15. The monoisotopic (exact) mass is 353 g/mol. The maximum Gasteiger partial charge on any atom is 0.123 e. The normalized spacial score (nSPS) is 12.5. The van der Waals surface area contributed by atoms with E-state index in [1.807, 2.05) is 54.0 Å². The highest BCUT2D eigenvalue weighted by molar-refractivity contribution is 5.63. The van der Waals surface area contributed by atoms with Crippen molar-refractivity contribution in [3.8, 4) is 16.9 Å². The molecule has 1 N–H and O–H groups in total. The fourth-order valence-corrected chi connectivity index (χ4v) is 3.01. The van der Waals surface area contributed by atoms with Crippen LogP contribution >= 0.6 is 0 Å². The van der Waals surface area contributed by atoms with Gasteiger partial charge in [0.15, 0.2) is 0 Å². The van der Waals surface area contributed by atoms with Crippen molar-refractivity contribution in [3.63, 3.8) is 0 Å². The molecule has 0 aliphatic carbocycles. The Bertz CT molecular complexity index is 854. The zero-order chi connectivity index (χ0) is 18.7. The van der Waals surface area contributed by atoms with Crippen LogP contribution in [0.5, 0.6) is 0 Å². The summed E-state index contributed by atoms with van der Waals surface area (Å²) in [5.41, 5.74) is 4.89. The number of hydrogen-bond acceptors (Lipinski definition) is 3. The van der Waals surface area contributed by atoms with Gasteiger partial charge < -0.3 is 5.11 Å². The lowest BCUT2D eigenvalue weighted by atomic mass is 10.1. The van der Waals surface area contributed by atoms with E-state index in [4.69, 9.17) is 5.10 Å². The number of aromatic nitrogens is 2. The van der Waals surface area contributed by atoms with Gasteiger partial charge >= 0.3 is 0 Å². The lowest BCUT2D eigenvalue weighted by molar-refractivity contribution is 0.138. The minimum Gasteiger partial charge on any atom is -0.392 e. The highest BCUT2D eigenvalue weighted by atomic mass is 19.1. The van der Waals surface area contributed by atoms with Gasteiger partial charge in [0.05, 0.1) is 17.5 Å². The molecule has 0 saturated carbocycles. The van der Waals surface area contributed by atoms with Crippen LogP contribution in [0.25, 0.3) is 16.9 Å². The number of aliphatic hydroxyl groups is 1. The van der Waals surface area contributed by atoms with Gasteiger partial charge in [-0.2, -0.15) is 5.10 Å². The van der Waals surface area contributed by atoms with E-state index in [0.717, 1.165) is 22.5 Å². The number of nitrogens with zero attached hydrogens (tertiary/aromatic N) is 3. The molecule has 4 nitrogen and oxygen atoms in total. The van der Waals surface area contributed by atoms with Crippen molar-refractivity contribution in [2.24, 2.45) is 0 Å². The summed E-state index contributed by atoms with van der Waals surface area (Å²) < 4.78 is 15.2. The number of aryl methyl sites for hydroxylation is 1. The van der Waals surface area contributed by atoms with Crippen molar-refractivity contribution in [2.45, 2.75) is 26.5 Å². The first-order valence-electron chi connectivity index (χ1n) is 8.70. The lowest BCUT2D eigenvalue weighted by Gasteiger charge is -2.18. The van der Waals surface area contributed by atoms with E-state index >= 15 is 0 Å². The molecule has 3 aromatic rings. The summed E-state index contributed by atoms with van der Waals surface area (Å²) in [6, 6.07) is 14.5. The molecule has 0 amide bonds. The van der Waals surface area contributed by atoms with Crippen LogP contribution in [0.15, 0.2) is 54.7 Å². The Morgan fingerprint density at radius 2 is 1.77 bits per heavy atom. The van der Waals surface area contributed by atoms with Gasteiger partial charge in [-0.15, -0.1) is 0 Å². The van der Waals surface area contributed by atoms with Crippen LogP contribution in [0.1, 0.15) is 18.1 Å². The molecule has 26 heavy (non-hydrogen) atoms. The van der Waals surface area contributed by atoms with Crippen LogP contribution in [-0.2, 0) is 6.54 Å². The van der Waals surface area contributed by atoms with Gasteiger partial charge in [-0.3, -0.25) is 4.90 Å². The van der Waals surface area contributed by atoms with E-state index in [-0.39, 0.29) is 5.82 Å². The number of rotatable bonds is 6. The molecule has 1 heterocycles. The van der Waals surface area contributed by atoms with Gasteiger partial charge in [0.2, 0.25) is 0 Å². The van der Waals surface area contributed by atoms with Crippen molar-refractivity contribution in [1.29, 1.82) is 0 Å². The second-order valence-corrected chi connectivity index (χ2v) is 6.84. The number of hydrogen-bond donors (Lipinski definition) is 1. The maximum absolute atomic E-state index is 13.3. The molecule has 3 rings (SSSR count). The zero-order valence-electron chi connectivity index (χ0n) is 15.4. The molecule has 0 saturated heterocycles. The Balaban J connectivity index is 1.99. The van der Waals surface area contributed by atoms with Crippen molar-refractivity contribution < 1.29 is 9.50 Å². The Labute approximate surface area is 153 Å². The number of benzene rings is 2. The molecule has 2 aromatic carbocycles. The third-order valence-electron chi connectivity index (χ3n) is 4.22. The number of halogens is 1. The second-order valence-electron chi connectivity index (χ2n) is 6.84. The summed E-state index contributed by atoms with van der Waals surface area (Å²) >= 11 is 0. The Hall–Kier alpha value is -2.50. The smallest absolute Gasteiger partial charge is 0.123 e. The molecule has 136 valence electrons. The van der Waals surface area contributed by atoms with Crippen molar-refractivity contribution in [2.75, 3.05) is 13.6 Å². The molecule has 0 aliphatic rings. The SMILES string of the molecule is Cc1ccc(-n2cc(CN(C)C[C@H](C)O)c(-c3ccc(F)cc3)n2)cc1. The summed E-state index contributed by atoms with van der Waals surface area (Å²) in [6.07, 6.45) is 1.60. The van der Waals surface area contributed by atoms with E-state index in [0.29, 0.717) is 13.1 Å². The van der Waals surface area contributed by atoms with Crippen LogP contribution in [-0.4, -0.2) is 39.5 Å². The van der Waals surface area contributed by atoms with Gasteiger partial charge in [0.25, 0.3) is 0 Å². The molecule has 0 fully saturated rings. The molecule has 0 radical (unpaired) electrons. The largest absolute Gasteiger partial charge is 0.392 e. The van der Waals surface area contributed by atoms with E-state index in [1.165, 1.54) is 17.7 Å². The average Bonchev–Trinajstić information content (AvgIpc) is 2.99. The van der Waals surface area contributed by atoms with E-state index in [2.05, 4.69) is 0 Å². The van der Waals surface area contributed by atoms with E-state index < -0.39 is 6.10 Å². The van der Waals surface area contributed by atoms with Crippen molar-refractivity contribution >= 4 is 0 Å². The summed E-state index contributed by atoms with van der Waals surface area (Å²) in [4.78, 5) is 2.05. The van der Waals surface area contributed by atoms with Gasteiger partial charge in [-0.05, 0) is 57.3 Å². The molecule has 0 spiro atoms. The second kappa shape index (κ2) is 7.81. The first kappa shape index (κ1) is 18.3. The number of aliphatic hydroxyl groups excluding tert-OH is 1. The molecule has 0 bridgehead atoms. The molecule has 1 atom stereocenters. The van der Waals surface area contributed by atoms with Crippen LogP contribution in [0.2, 0.25) is 0 Å². The fraction of sp³-hybridized carbons (Fsp3) is 0.286. The quantitative estimate of drug-likeness (QED) is 0.733. The van der Waals surface area contributed by atoms with Gasteiger partial charge in [0, 0.05) is 30.4 Å².